The Morgan fingerprint density at radius 1 is 1.50 bits per heavy atom. The van der Waals surface area contributed by atoms with Gasteiger partial charge in [-0.1, -0.05) is 19.1 Å². The Labute approximate surface area is 84.3 Å². The van der Waals surface area contributed by atoms with Gasteiger partial charge in [-0.3, -0.25) is 4.79 Å². The summed E-state index contributed by atoms with van der Waals surface area (Å²) in [6.07, 6.45) is 0.928. The lowest BCUT2D eigenvalue weighted by Gasteiger charge is -2.08. The minimum atomic E-state index is -0.0811. The van der Waals surface area contributed by atoms with Crippen molar-refractivity contribution in [1.29, 1.82) is 0 Å². The SMILES string of the molecule is CCCNC(=O)c1c(C)cccc1N. The van der Waals surface area contributed by atoms with Gasteiger partial charge in [0, 0.05) is 12.2 Å². The number of nitrogen functional groups attached to an aromatic ring is 1. The number of anilines is 1. The molecule has 0 saturated carbocycles. The molecular formula is C11H16N2O. The van der Waals surface area contributed by atoms with E-state index in [0.717, 1.165) is 12.0 Å². The zero-order chi connectivity index (χ0) is 10.6. The number of amides is 1. The fourth-order valence-corrected chi connectivity index (χ4v) is 1.33. The van der Waals surface area contributed by atoms with Crippen LogP contribution >= 0.6 is 0 Å². The third kappa shape index (κ3) is 2.25. The molecule has 0 aliphatic carbocycles. The molecule has 3 N–H and O–H groups in total. The fraction of sp³-hybridized carbons (Fsp3) is 0.364. The molecule has 0 aromatic heterocycles. The second-order valence-corrected chi connectivity index (χ2v) is 3.30. The van der Waals surface area contributed by atoms with Gasteiger partial charge in [-0.2, -0.15) is 0 Å². The number of carbonyl (C=O) groups is 1. The van der Waals surface area contributed by atoms with Crippen molar-refractivity contribution in [1.82, 2.24) is 5.32 Å². The molecule has 1 rings (SSSR count). The average molecular weight is 192 g/mol. The number of aryl methyl sites for hydroxylation is 1. The molecule has 1 aromatic rings. The number of hydrogen-bond donors (Lipinski definition) is 2. The van der Waals surface area contributed by atoms with E-state index in [1.165, 1.54) is 0 Å². The lowest BCUT2D eigenvalue weighted by atomic mass is 10.1. The van der Waals surface area contributed by atoms with Gasteiger partial charge >= 0.3 is 0 Å². The van der Waals surface area contributed by atoms with E-state index in [0.29, 0.717) is 17.8 Å². The molecule has 0 saturated heterocycles. The summed E-state index contributed by atoms with van der Waals surface area (Å²) in [6.45, 7) is 4.59. The second-order valence-electron chi connectivity index (χ2n) is 3.30. The lowest BCUT2D eigenvalue weighted by molar-refractivity contribution is 0.0954. The van der Waals surface area contributed by atoms with Gasteiger partial charge in [-0.15, -0.1) is 0 Å². The maximum atomic E-state index is 11.7. The van der Waals surface area contributed by atoms with Crippen molar-refractivity contribution >= 4 is 11.6 Å². The van der Waals surface area contributed by atoms with Crippen LogP contribution in [0.1, 0.15) is 29.3 Å². The summed E-state index contributed by atoms with van der Waals surface area (Å²) in [5, 5.41) is 2.81. The minimum absolute atomic E-state index is 0.0811. The van der Waals surface area contributed by atoms with Gasteiger partial charge in [0.25, 0.3) is 5.91 Å². The van der Waals surface area contributed by atoms with Crippen molar-refractivity contribution in [2.45, 2.75) is 20.3 Å². The quantitative estimate of drug-likeness (QED) is 0.716. The predicted octanol–water partition coefficient (Wildman–Crippen LogP) is 1.72. The first kappa shape index (κ1) is 10.6. The van der Waals surface area contributed by atoms with E-state index in [4.69, 9.17) is 5.73 Å². The van der Waals surface area contributed by atoms with E-state index in [2.05, 4.69) is 5.32 Å². The standard InChI is InChI=1S/C11H16N2O/c1-3-7-13-11(14)10-8(2)5-4-6-9(10)12/h4-6H,3,7,12H2,1-2H3,(H,13,14). The predicted molar refractivity (Wildman–Crippen MR) is 58.2 cm³/mol. The van der Waals surface area contributed by atoms with Crippen molar-refractivity contribution in [3.8, 4) is 0 Å². The van der Waals surface area contributed by atoms with Crippen LogP contribution in [0.15, 0.2) is 18.2 Å². The summed E-state index contributed by atoms with van der Waals surface area (Å²) in [5.74, 6) is -0.0811. The largest absolute Gasteiger partial charge is 0.398 e. The van der Waals surface area contributed by atoms with Crippen molar-refractivity contribution in [2.24, 2.45) is 0 Å². The van der Waals surface area contributed by atoms with Crippen LogP contribution in [0, 0.1) is 6.92 Å². The highest BCUT2D eigenvalue weighted by atomic mass is 16.1. The van der Waals surface area contributed by atoms with Gasteiger partial charge < -0.3 is 11.1 Å². The van der Waals surface area contributed by atoms with E-state index < -0.39 is 0 Å². The van der Waals surface area contributed by atoms with Crippen LogP contribution < -0.4 is 11.1 Å². The topological polar surface area (TPSA) is 55.1 Å². The first-order valence-corrected chi connectivity index (χ1v) is 4.80. The van der Waals surface area contributed by atoms with Crippen molar-refractivity contribution in [3.63, 3.8) is 0 Å². The maximum absolute atomic E-state index is 11.7. The van der Waals surface area contributed by atoms with E-state index >= 15 is 0 Å². The van der Waals surface area contributed by atoms with Crippen LogP contribution in [0.5, 0.6) is 0 Å². The second kappa shape index (κ2) is 4.65. The highest BCUT2D eigenvalue weighted by Gasteiger charge is 2.10. The summed E-state index contributed by atoms with van der Waals surface area (Å²) in [5.41, 5.74) is 7.79. The number of carbonyl (C=O) groups excluding carboxylic acids is 1. The summed E-state index contributed by atoms with van der Waals surface area (Å²) in [4.78, 5) is 11.7. The van der Waals surface area contributed by atoms with Gasteiger partial charge in [-0.05, 0) is 25.0 Å². The molecule has 1 aromatic carbocycles. The summed E-state index contributed by atoms with van der Waals surface area (Å²) in [6, 6.07) is 5.48. The maximum Gasteiger partial charge on any atom is 0.253 e. The van der Waals surface area contributed by atoms with Crippen molar-refractivity contribution in [3.05, 3.63) is 29.3 Å². The van der Waals surface area contributed by atoms with Gasteiger partial charge in [0.05, 0.1) is 5.56 Å². The third-order valence-electron chi connectivity index (χ3n) is 2.07. The molecule has 0 heterocycles. The number of nitrogens with one attached hydrogen (secondary N) is 1. The molecule has 0 atom stereocenters. The van der Waals surface area contributed by atoms with Crippen LogP contribution in [-0.4, -0.2) is 12.5 Å². The normalized spacial score (nSPS) is 9.86. The molecule has 0 unspecified atom stereocenters. The minimum Gasteiger partial charge on any atom is -0.398 e. The molecule has 1 amide bonds. The smallest absolute Gasteiger partial charge is 0.253 e. The molecule has 3 heteroatoms. The molecule has 0 bridgehead atoms. The Hall–Kier alpha value is -1.51. The zero-order valence-electron chi connectivity index (χ0n) is 8.63. The Morgan fingerprint density at radius 2 is 2.21 bits per heavy atom. The van der Waals surface area contributed by atoms with Crippen LogP contribution in [0.25, 0.3) is 0 Å². The zero-order valence-corrected chi connectivity index (χ0v) is 8.63. The van der Waals surface area contributed by atoms with Crippen LogP contribution in [-0.2, 0) is 0 Å². The van der Waals surface area contributed by atoms with Crippen LogP contribution in [0.4, 0.5) is 5.69 Å². The lowest BCUT2D eigenvalue weighted by Crippen LogP contribution is -2.25. The highest BCUT2D eigenvalue weighted by Crippen LogP contribution is 2.15. The summed E-state index contributed by atoms with van der Waals surface area (Å²) >= 11 is 0. The molecule has 0 radical (unpaired) electrons. The number of benzene rings is 1. The molecule has 76 valence electrons. The molecule has 0 aliphatic heterocycles. The Morgan fingerprint density at radius 3 is 2.79 bits per heavy atom. The Kier molecular flexibility index (Phi) is 3.51. The first-order chi connectivity index (χ1) is 6.66. The highest BCUT2D eigenvalue weighted by molar-refractivity contribution is 6.00. The molecular weight excluding hydrogens is 176 g/mol. The van der Waals surface area contributed by atoms with Crippen molar-refractivity contribution in [2.75, 3.05) is 12.3 Å². The molecule has 14 heavy (non-hydrogen) atoms. The first-order valence-electron chi connectivity index (χ1n) is 4.80. The van der Waals surface area contributed by atoms with Gasteiger partial charge in [-0.25, -0.2) is 0 Å². The number of nitrogens with two attached hydrogens (primary N) is 1. The van der Waals surface area contributed by atoms with Crippen LogP contribution in [0.2, 0.25) is 0 Å². The molecule has 0 spiro atoms. The van der Waals surface area contributed by atoms with E-state index in [1.54, 1.807) is 6.07 Å². The number of hydrogen-bond acceptors (Lipinski definition) is 2. The summed E-state index contributed by atoms with van der Waals surface area (Å²) < 4.78 is 0. The molecule has 0 fully saturated rings. The monoisotopic (exact) mass is 192 g/mol. The van der Waals surface area contributed by atoms with Crippen molar-refractivity contribution < 1.29 is 4.79 Å². The van der Waals surface area contributed by atoms with Gasteiger partial charge in [0.15, 0.2) is 0 Å². The van der Waals surface area contributed by atoms with Gasteiger partial charge in [0.1, 0.15) is 0 Å². The molecule has 3 nitrogen and oxygen atoms in total. The average Bonchev–Trinajstić information content (AvgIpc) is 2.14. The van der Waals surface area contributed by atoms with Crippen LogP contribution in [0.3, 0.4) is 0 Å². The van der Waals surface area contributed by atoms with E-state index in [9.17, 15) is 4.79 Å². The third-order valence-corrected chi connectivity index (χ3v) is 2.07. The van der Waals surface area contributed by atoms with Gasteiger partial charge in [0.2, 0.25) is 0 Å². The number of rotatable bonds is 3. The van der Waals surface area contributed by atoms with E-state index in [1.807, 2.05) is 26.0 Å². The summed E-state index contributed by atoms with van der Waals surface area (Å²) in [7, 11) is 0. The Bertz CT molecular complexity index is 314. The van der Waals surface area contributed by atoms with E-state index in [-0.39, 0.29) is 5.91 Å². The fourth-order valence-electron chi connectivity index (χ4n) is 1.33. The molecule has 0 aliphatic rings. The Balaban J connectivity index is 2.89.